The highest BCUT2D eigenvalue weighted by molar-refractivity contribution is 7.09. The molecule has 0 aliphatic carbocycles. The summed E-state index contributed by atoms with van der Waals surface area (Å²) >= 11 is 1.68. The second kappa shape index (κ2) is 5.79. The lowest BCUT2D eigenvalue weighted by molar-refractivity contribution is 0.547. The summed E-state index contributed by atoms with van der Waals surface area (Å²) in [7, 11) is 0. The molecule has 1 rings (SSSR count). The van der Waals surface area contributed by atoms with Crippen molar-refractivity contribution in [2.75, 3.05) is 6.54 Å². The lowest BCUT2D eigenvalue weighted by Gasteiger charge is -2.14. The van der Waals surface area contributed by atoms with Crippen LogP contribution >= 0.6 is 11.3 Å². The molecule has 1 N–H and O–H groups in total. The molecule has 0 fully saturated rings. The Morgan fingerprint density at radius 2 is 2.50 bits per heavy atom. The van der Waals surface area contributed by atoms with Crippen molar-refractivity contribution in [3.63, 3.8) is 0 Å². The van der Waals surface area contributed by atoms with Gasteiger partial charge in [-0.1, -0.05) is 6.92 Å². The second-order valence-corrected chi connectivity index (χ2v) is 4.10. The topological polar surface area (TPSA) is 24.9 Å². The minimum atomic E-state index is 0.285. The third-order valence-electron chi connectivity index (χ3n) is 2.06. The molecule has 0 amide bonds. The van der Waals surface area contributed by atoms with Crippen LogP contribution in [0.3, 0.4) is 0 Å². The van der Waals surface area contributed by atoms with Crippen LogP contribution in [0.15, 0.2) is 5.51 Å². The van der Waals surface area contributed by atoms with Crippen molar-refractivity contribution >= 4 is 11.3 Å². The molecule has 1 aromatic rings. The molecule has 0 aromatic carbocycles. The highest BCUT2D eigenvalue weighted by Crippen LogP contribution is 2.23. The molecule has 1 aromatic heterocycles. The van der Waals surface area contributed by atoms with E-state index < -0.39 is 0 Å². The van der Waals surface area contributed by atoms with Gasteiger partial charge in [0.25, 0.3) is 0 Å². The van der Waals surface area contributed by atoms with Crippen LogP contribution in [0, 0.1) is 19.3 Å². The Morgan fingerprint density at radius 3 is 3.00 bits per heavy atom. The number of hydrogen-bond acceptors (Lipinski definition) is 3. The van der Waals surface area contributed by atoms with E-state index in [-0.39, 0.29) is 6.04 Å². The number of rotatable bonds is 5. The molecule has 14 heavy (non-hydrogen) atoms. The average molecular weight is 208 g/mol. The summed E-state index contributed by atoms with van der Waals surface area (Å²) in [5, 5.41) is 3.44. The first kappa shape index (κ1) is 11.2. The van der Waals surface area contributed by atoms with Crippen molar-refractivity contribution in [2.45, 2.75) is 32.7 Å². The zero-order valence-electron chi connectivity index (χ0n) is 8.71. The van der Waals surface area contributed by atoms with Crippen LogP contribution in [0.25, 0.3) is 0 Å². The van der Waals surface area contributed by atoms with E-state index in [1.54, 1.807) is 11.3 Å². The number of thiazole rings is 1. The molecule has 3 heteroatoms. The monoisotopic (exact) mass is 208 g/mol. The van der Waals surface area contributed by atoms with Crippen molar-refractivity contribution in [1.29, 1.82) is 0 Å². The first-order valence-electron chi connectivity index (χ1n) is 4.86. The van der Waals surface area contributed by atoms with Crippen molar-refractivity contribution in [3.8, 4) is 12.3 Å². The molecule has 76 valence electrons. The van der Waals surface area contributed by atoms with E-state index in [2.05, 4.69) is 23.1 Å². The lowest BCUT2D eigenvalue weighted by Crippen LogP contribution is -2.21. The van der Waals surface area contributed by atoms with Gasteiger partial charge in [0.1, 0.15) is 0 Å². The van der Waals surface area contributed by atoms with Gasteiger partial charge in [-0.25, -0.2) is 4.98 Å². The summed E-state index contributed by atoms with van der Waals surface area (Å²) in [5.74, 6) is 2.71. The Labute approximate surface area is 89.8 Å². The van der Waals surface area contributed by atoms with E-state index in [0.717, 1.165) is 25.1 Å². The van der Waals surface area contributed by atoms with Gasteiger partial charge in [0, 0.05) is 11.3 Å². The van der Waals surface area contributed by atoms with Crippen LogP contribution in [-0.2, 0) is 0 Å². The summed E-state index contributed by atoms with van der Waals surface area (Å²) < 4.78 is 0. The van der Waals surface area contributed by atoms with Gasteiger partial charge < -0.3 is 5.32 Å². The Kier molecular flexibility index (Phi) is 4.64. The molecule has 0 saturated heterocycles. The summed E-state index contributed by atoms with van der Waals surface area (Å²) in [6, 6.07) is 0.285. The predicted octanol–water partition coefficient (Wildman–Crippen LogP) is 2.52. The first-order valence-corrected chi connectivity index (χ1v) is 5.74. The predicted molar refractivity (Wildman–Crippen MR) is 61.3 cm³/mol. The van der Waals surface area contributed by atoms with Gasteiger partial charge in [0.2, 0.25) is 0 Å². The molecule has 0 bridgehead atoms. The first-order chi connectivity index (χ1) is 6.79. The third-order valence-corrected chi connectivity index (χ3v) is 3.11. The van der Waals surface area contributed by atoms with E-state index in [4.69, 9.17) is 6.42 Å². The van der Waals surface area contributed by atoms with Gasteiger partial charge in [0.05, 0.1) is 17.2 Å². The summed E-state index contributed by atoms with van der Waals surface area (Å²) in [6.45, 7) is 5.19. The van der Waals surface area contributed by atoms with Crippen molar-refractivity contribution in [1.82, 2.24) is 10.3 Å². The van der Waals surface area contributed by atoms with Crippen LogP contribution in [0.5, 0.6) is 0 Å². The summed E-state index contributed by atoms with van der Waals surface area (Å²) in [4.78, 5) is 5.51. The van der Waals surface area contributed by atoms with Crippen LogP contribution in [0.2, 0.25) is 0 Å². The van der Waals surface area contributed by atoms with Gasteiger partial charge in [0.15, 0.2) is 0 Å². The smallest absolute Gasteiger partial charge is 0.0798 e. The molecule has 1 atom stereocenters. The molecule has 0 saturated carbocycles. The minimum absolute atomic E-state index is 0.285. The molecule has 2 nitrogen and oxygen atoms in total. The van der Waals surface area contributed by atoms with E-state index >= 15 is 0 Å². The Morgan fingerprint density at radius 1 is 1.71 bits per heavy atom. The minimum Gasteiger partial charge on any atom is -0.308 e. The van der Waals surface area contributed by atoms with Crippen molar-refractivity contribution < 1.29 is 0 Å². The zero-order chi connectivity index (χ0) is 10.4. The fourth-order valence-corrected chi connectivity index (χ4v) is 2.22. The zero-order valence-corrected chi connectivity index (χ0v) is 9.53. The number of terminal acetylenes is 1. The van der Waals surface area contributed by atoms with Crippen molar-refractivity contribution in [3.05, 3.63) is 16.1 Å². The van der Waals surface area contributed by atoms with Crippen LogP contribution in [0.1, 0.15) is 36.4 Å². The maximum atomic E-state index is 5.35. The molecule has 1 unspecified atom stereocenters. The number of hydrogen-bond donors (Lipinski definition) is 1. The van der Waals surface area contributed by atoms with E-state index in [0.29, 0.717) is 0 Å². The Balaban J connectivity index is 2.68. The molecular formula is C11H16N2S. The fraction of sp³-hybridized carbons (Fsp3) is 0.545. The Hall–Kier alpha value is -0.850. The third kappa shape index (κ3) is 2.83. The highest BCUT2D eigenvalue weighted by Gasteiger charge is 2.13. The van der Waals surface area contributed by atoms with Crippen LogP contribution in [0.4, 0.5) is 0 Å². The molecule has 1 heterocycles. The van der Waals surface area contributed by atoms with Crippen molar-refractivity contribution in [2.24, 2.45) is 0 Å². The van der Waals surface area contributed by atoms with Crippen LogP contribution in [-0.4, -0.2) is 11.5 Å². The summed E-state index contributed by atoms with van der Waals surface area (Å²) in [6.07, 6.45) is 7.21. The van der Waals surface area contributed by atoms with Gasteiger partial charge >= 0.3 is 0 Å². The number of nitrogens with zero attached hydrogens (tertiary/aromatic N) is 1. The Bertz CT molecular complexity index is 311. The van der Waals surface area contributed by atoms with Gasteiger partial charge in [-0.15, -0.1) is 23.7 Å². The van der Waals surface area contributed by atoms with Gasteiger partial charge in [-0.05, 0) is 19.9 Å². The maximum absolute atomic E-state index is 5.35. The molecule has 0 aliphatic rings. The van der Waals surface area contributed by atoms with Gasteiger partial charge in [-0.3, -0.25) is 0 Å². The van der Waals surface area contributed by atoms with E-state index in [1.165, 1.54) is 4.88 Å². The average Bonchev–Trinajstić information content (AvgIpc) is 2.59. The highest BCUT2D eigenvalue weighted by atomic mass is 32.1. The molecule has 0 radical (unpaired) electrons. The second-order valence-electron chi connectivity index (χ2n) is 3.22. The molecular weight excluding hydrogens is 192 g/mol. The standard InChI is InChI=1S/C11H16N2S/c1-4-6-10(12-7-5-2)11-9(3)13-8-14-11/h1,8,10,12H,5-7H2,2-3H3. The van der Waals surface area contributed by atoms with Crippen LogP contribution < -0.4 is 5.32 Å². The SMILES string of the molecule is C#CCC(NCCC)c1scnc1C. The lowest BCUT2D eigenvalue weighted by atomic mass is 10.1. The summed E-state index contributed by atoms with van der Waals surface area (Å²) in [5.41, 5.74) is 2.97. The largest absolute Gasteiger partial charge is 0.308 e. The number of aromatic nitrogens is 1. The quantitative estimate of drug-likeness (QED) is 0.752. The number of nitrogens with one attached hydrogen (secondary N) is 1. The molecule has 0 aliphatic heterocycles. The molecule has 0 spiro atoms. The van der Waals surface area contributed by atoms with E-state index in [1.807, 2.05) is 12.4 Å². The number of aryl methyl sites for hydroxylation is 1. The van der Waals surface area contributed by atoms with Gasteiger partial charge in [-0.2, -0.15) is 0 Å². The normalized spacial score (nSPS) is 12.4. The fourth-order valence-electron chi connectivity index (χ4n) is 1.34. The van der Waals surface area contributed by atoms with E-state index in [9.17, 15) is 0 Å². The maximum Gasteiger partial charge on any atom is 0.0798 e.